The lowest BCUT2D eigenvalue weighted by Gasteiger charge is -2.21. The lowest BCUT2D eigenvalue weighted by atomic mass is 10.1. The Labute approximate surface area is 125 Å². The molecule has 0 bridgehead atoms. The van der Waals surface area contributed by atoms with Gasteiger partial charge in [0.1, 0.15) is 5.75 Å². The molecular formula is C16H23NO4. The fourth-order valence-corrected chi connectivity index (χ4v) is 1.91. The molecule has 1 rings (SSSR count). The Kier molecular flexibility index (Phi) is 6.72. The minimum atomic E-state index is -0.862. The van der Waals surface area contributed by atoms with Gasteiger partial charge in [0.25, 0.3) is 5.91 Å². The molecular weight excluding hydrogens is 270 g/mol. The monoisotopic (exact) mass is 293 g/mol. The van der Waals surface area contributed by atoms with Crippen molar-refractivity contribution in [3.8, 4) is 5.75 Å². The van der Waals surface area contributed by atoms with Crippen LogP contribution in [0.3, 0.4) is 0 Å². The van der Waals surface area contributed by atoms with Gasteiger partial charge in [-0.15, -0.1) is 0 Å². The second-order valence-electron chi connectivity index (χ2n) is 5.12. The van der Waals surface area contributed by atoms with Gasteiger partial charge in [0.05, 0.1) is 0 Å². The largest absolute Gasteiger partial charge is 0.481 e. The van der Waals surface area contributed by atoms with Crippen molar-refractivity contribution in [3.63, 3.8) is 0 Å². The van der Waals surface area contributed by atoms with Crippen LogP contribution in [0.15, 0.2) is 24.3 Å². The topological polar surface area (TPSA) is 75.6 Å². The summed E-state index contributed by atoms with van der Waals surface area (Å²) in [6.07, 6.45) is 0.420. The van der Waals surface area contributed by atoms with E-state index in [1.165, 1.54) is 0 Å². The van der Waals surface area contributed by atoms with E-state index in [2.05, 4.69) is 5.32 Å². The van der Waals surface area contributed by atoms with E-state index in [0.717, 1.165) is 5.56 Å². The van der Waals surface area contributed by atoms with E-state index in [1.807, 2.05) is 38.1 Å². The number of hydrogen-bond donors (Lipinski definition) is 2. The second kappa shape index (κ2) is 8.29. The molecule has 116 valence electrons. The Morgan fingerprint density at radius 1 is 1.33 bits per heavy atom. The van der Waals surface area contributed by atoms with Crippen LogP contribution in [0, 0.1) is 6.92 Å². The number of carbonyl (C=O) groups excluding carboxylic acids is 1. The normalized spacial score (nSPS) is 13.3. The molecule has 5 nitrogen and oxygen atoms in total. The third-order valence-corrected chi connectivity index (χ3v) is 3.21. The first-order chi connectivity index (χ1) is 9.93. The predicted molar refractivity (Wildman–Crippen MR) is 80.4 cm³/mol. The van der Waals surface area contributed by atoms with E-state index in [0.29, 0.717) is 18.6 Å². The van der Waals surface area contributed by atoms with Crippen molar-refractivity contribution in [3.05, 3.63) is 29.8 Å². The number of nitrogens with one attached hydrogen (secondary N) is 1. The number of carbonyl (C=O) groups is 2. The summed E-state index contributed by atoms with van der Waals surface area (Å²) < 4.78 is 5.75. The minimum absolute atomic E-state index is 0.0386. The third kappa shape index (κ3) is 5.85. The maximum atomic E-state index is 12.2. The van der Waals surface area contributed by atoms with Crippen molar-refractivity contribution in [1.29, 1.82) is 0 Å². The van der Waals surface area contributed by atoms with Crippen LogP contribution in [0.4, 0.5) is 0 Å². The van der Waals surface area contributed by atoms with E-state index < -0.39 is 12.1 Å². The van der Waals surface area contributed by atoms with E-state index in [4.69, 9.17) is 9.84 Å². The zero-order valence-electron chi connectivity index (χ0n) is 12.8. The molecule has 1 aromatic carbocycles. The molecule has 2 atom stereocenters. The Bertz CT molecular complexity index is 487. The van der Waals surface area contributed by atoms with Gasteiger partial charge in [-0.1, -0.05) is 25.1 Å². The van der Waals surface area contributed by atoms with Crippen molar-refractivity contribution in [2.24, 2.45) is 0 Å². The van der Waals surface area contributed by atoms with Crippen molar-refractivity contribution in [2.75, 3.05) is 0 Å². The Hall–Kier alpha value is -2.04. The molecule has 0 aromatic heterocycles. The van der Waals surface area contributed by atoms with Crippen LogP contribution in [0.1, 0.15) is 38.7 Å². The number of carboxylic acids is 1. The number of carboxylic acid groups (broad SMARTS) is 1. The van der Waals surface area contributed by atoms with Crippen LogP contribution in [-0.2, 0) is 9.59 Å². The van der Waals surface area contributed by atoms with Gasteiger partial charge in [-0.25, -0.2) is 0 Å². The van der Waals surface area contributed by atoms with Crippen LogP contribution in [0.2, 0.25) is 0 Å². The fourth-order valence-electron chi connectivity index (χ4n) is 1.91. The van der Waals surface area contributed by atoms with Gasteiger partial charge in [-0.05, 0) is 38.3 Å². The summed E-state index contributed by atoms with van der Waals surface area (Å²) in [5, 5.41) is 11.4. The first kappa shape index (κ1) is 17.0. The molecule has 0 aliphatic carbocycles. The molecule has 1 amide bonds. The Balaban J connectivity index is 2.57. The molecule has 2 N–H and O–H groups in total. The maximum Gasteiger partial charge on any atom is 0.303 e. The van der Waals surface area contributed by atoms with Crippen molar-refractivity contribution < 1.29 is 19.4 Å². The summed E-state index contributed by atoms with van der Waals surface area (Å²) in [7, 11) is 0. The standard InChI is InChI=1S/C16H23NO4/c1-4-13(21-14-8-6-5-7-11(14)2)16(20)17-12(3)9-10-15(18)19/h5-8,12-13H,4,9-10H2,1-3H3,(H,17,20)(H,18,19). The Morgan fingerprint density at radius 3 is 2.57 bits per heavy atom. The summed E-state index contributed by atoms with van der Waals surface area (Å²) in [6.45, 7) is 5.60. The molecule has 21 heavy (non-hydrogen) atoms. The van der Waals surface area contributed by atoms with Gasteiger partial charge < -0.3 is 15.2 Å². The molecule has 2 unspecified atom stereocenters. The molecule has 0 aliphatic heterocycles. The summed E-state index contributed by atoms with van der Waals surface area (Å²) in [5.41, 5.74) is 0.975. The van der Waals surface area contributed by atoms with Gasteiger partial charge in [0.2, 0.25) is 0 Å². The predicted octanol–water partition coefficient (Wildman–Crippen LogP) is 2.52. The van der Waals surface area contributed by atoms with Gasteiger partial charge in [-0.2, -0.15) is 0 Å². The molecule has 0 heterocycles. The van der Waals surface area contributed by atoms with E-state index in [1.54, 1.807) is 6.92 Å². The van der Waals surface area contributed by atoms with Crippen LogP contribution in [0.5, 0.6) is 5.75 Å². The number of benzene rings is 1. The van der Waals surface area contributed by atoms with Crippen LogP contribution < -0.4 is 10.1 Å². The second-order valence-corrected chi connectivity index (χ2v) is 5.12. The SMILES string of the molecule is CCC(Oc1ccccc1C)C(=O)NC(C)CCC(=O)O. The molecule has 0 spiro atoms. The summed E-state index contributed by atoms with van der Waals surface area (Å²) >= 11 is 0. The summed E-state index contributed by atoms with van der Waals surface area (Å²) in [6, 6.07) is 7.34. The number of amides is 1. The highest BCUT2D eigenvalue weighted by atomic mass is 16.5. The highest BCUT2D eigenvalue weighted by Gasteiger charge is 2.20. The number of hydrogen-bond acceptors (Lipinski definition) is 3. The molecule has 0 fully saturated rings. The molecule has 0 saturated carbocycles. The van der Waals surface area contributed by atoms with Crippen LogP contribution in [-0.4, -0.2) is 29.1 Å². The van der Waals surface area contributed by atoms with Gasteiger partial charge in [0.15, 0.2) is 6.10 Å². The quantitative estimate of drug-likeness (QED) is 0.772. The number of aliphatic carboxylic acids is 1. The average molecular weight is 293 g/mol. The summed E-state index contributed by atoms with van der Waals surface area (Å²) in [5.74, 6) is -0.379. The zero-order chi connectivity index (χ0) is 15.8. The molecule has 1 aromatic rings. The number of ether oxygens (including phenoxy) is 1. The van der Waals surface area contributed by atoms with E-state index in [-0.39, 0.29) is 18.4 Å². The lowest BCUT2D eigenvalue weighted by Crippen LogP contribution is -2.42. The van der Waals surface area contributed by atoms with Gasteiger partial charge in [-0.3, -0.25) is 9.59 Å². The van der Waals surface area contributed by atoms with Crippen molar-refractivity contribution >= 4 is 11.9 Å². The Morgan fingerprint density at radius 2 is 2.00 bits per heavy atom. The number of aryl methyl sites for hydroxylation is 1. The molecule has 0 aliphatic rings. The smallest absolute Gasteiger partial charge is 0.303 e. The third-order valence-electron chi connectivity index (χ3n) is 3.21. The number of para-hydroxylation sites is 1. The fraction of sp³-hybridized carbons (Fsp3) is 0.500. The molecule has 5 heteroatoms. The van der Waals surface area contributed by atoms with Crippen molar-refractivity contribution in [1.82, 2.24) is 5.32 Å². The number of rotatable bonds is 8. The molecule has 0 saturated heterocycles. The zero-order valence-corrected chi connectivity index (χ0v) is 12.8. The average Bonchev–Trinajstić information content (AvgIpc) is 2.44. The van der Waals surface area contributed by atoms with E-state index in [9.17, 15) is 9.59 Å². The highest BCUT2D eigenvalue weighted by Crippen LogP contribution is 2.19. The summed E-state index contributed by atoms with van der Waals surface area (Å²) in [4.78, 5) is 22.7. The minimum Gasteiger partial charge on any atom is -0.481 e. The first-order valence-corrected chi connectivity index (χ1v) is 7.18. The van der Waals surface area contributed by atoms with Gasteiger partial charge in [0, 0.05) is 12.5 Å². The van der Waals surface area contributed by atoms with Crippen molar-refractivity contribution in [2.45, 2.75) is 52.2 Å². The van der Waals surface area contributed by atoms with Crippen LogP contribution >= 0.6 is 0 Å². The van der Waals surface area contributed by atoms with Gasteiger partial charge >= 0.3 is 5.97 Å². The first-order valence-electron chi connectivity index (χ1n) is 7.18. The van der Waals surface area contributed by atoms with Crippen LogP contribution in [0.25, 0.3) is 0 Å². The van der Waals surface area contributed by atoms with E-state index >= 15 is 0 Å². The maximum absolute atomic E-state index is 12.2. The molecule has 0 radical (unpaired) electrons. The lowest BCUT2D eigenvalue weighted by molar-refractivity contribution is -0.137. The highest BCUT2D eigenvalue weighted by molar-refractivity contribution is 5.81.